The van der Waals surface area contributed by atoms with Gasteiger partial charge in [-0.15, -0.1) is 0 Å². The Kier molecular flexibility index (Phi) is 5.75. The second-order valence-corrected chi connectivity index (χ2v) is 10.4. The van der Waals surface area contributed by atoms with Crippen LogP contribution in [0.4, 0.5) is 11.6 Å². The molecule has 0 aliphatic heterocycles. The number of fused-ring (bicyclic) bond motifs is 2. The summed E-state index contributed by atoms with van der Waals surface area (Å²) >= 11 is 6.43. The summed E-state index contributed by atoms with van der Waals surface area (Å²) in [6, 6.07) is 9.80. The highest BCUT2D eigenvalue weighted by Crippen LogP contribution is 2.40. The molecule has 3 heterocycles. The van der Waals surface area contributed by atoms with Crippen molar-refractivity contribution in [1.82, 2.24) is 19.5 Å². The molecule has 0 bridgehead atoms. The predicted octanol–water partition coefficient (Wildman–Crippen LogP) is 3.95. The van der Waals surface area contributed by atoms with Gasteiger partial charge in [0.2, 0.25) is 0 Å². The van der Waals surface area contributed by atoms with E-state index in [1.54, 1.807) is 0 Å². The quantitative estimate of drug-likeness (QED) is 0.308. The fraction of sp³-hybridized carbons (Fsp3) is 0.423. The molecule has 2 saturated carbocycles. The first-order chi connectivity index (χ1) is 17.0. The van der Waals surface area contributed by atoms with Crippen LogP contribution in [-0.2, 0) is 6.42 Å². The summed E-state index contributed by atoms with van der Waals surface area (Å²) < 4.78 is 1.92. The van der Waals surface area contributed by atoms with Crippen LogP contribution in [0.3, 0.4) is 0 Å². The summed E-state index contributed by atoms with van der Waals surface area (Å²) in [6.07, 6.45) is 6.38. The minimum absolute atomic E-state index is 0.0312. The minimum Gasteiger partial charge on any atom is -0.390 e. The lowest BCUT2D eigenvalue weighted by Gasteiger charge is -2.19. The highest BCUT2D eigenvalue weighted by atomic mass is 35.5. The topological polar surface area (TPSA) is 122 Å². The molecule has 4 aromatic rings. The molecule has 35 heavy (non-hydrogen) atoms. The number of aliphatic hydroxyl groups excluding tert-OH is 2. The Morgan fingerprint density at radius 2 is 1.97 bits per heavy atom. The van der Waals surface area contributed by atoms with Gasteiger partial charge in [0.05, 0.1) is 28.1 Å². The van der Waals surface area contributed by atoms with Crippen molar-refractivity contribution < 1.29 is 10.2 Å². The number of hydrogen-bond donors (Lipinski definition) is 4. The highest BCUT2D eigenvalue weighted by Gasteiger charge is 2.42. The Labute approximate surface area is 208 Å². The third-order valence-corrected chi connectivity index (χ3v) is 7.85. The molecule has 2 fully saturated rings. The van der Waals surface area contributed by atoms with E-state index in [-0.39, 0.29) is 12.0 Å². The maximum Gasteiger partial charge on any atom is 0.145 e. The van der Waals surface area contributed by atoms with Gasteiger partial charge in [-0.2, -0.15) is 0 Å². The first kappa shape index (κ1) is 22.5. The molecule has 6 rings (SSSR count). The van der Waals surface area contributed by atoms with Crippen LogP contribution >= 0.6 is 11.6 Å². The second kappa shape index (κ2) is 8.93. The van der Waals surface area contributed by atoms with Crippen molar-refractivity contribution in [2.75, 3.05) is 17.6 Å². The molecule has 8 nitrogen and oxygen atoms in total. The van der Waals surface area contributed by atoms with E-state index in [9.17, 15) is 10.2 Å². The van der Waals surface area contributed by atoms with E-state index in [2.05, 4.69) is 27.4 Å². The number of aryl methyl sites for hydroxylation is 1. The van der Waals surface area contributed by atoms with Gasteiger partial charge in [0.25, 0.3) is 0 Å². The van der Waals surface area contributed by atoms with E-state index in [4.69, 9.17) is 22.3 Å². The van der Waals surface area contributed by atoms with E-state index in [1.165, 1.54) is 19.2 Å². The number of anilines is 2. The molecule has 0 spiro atoms. The molecule has 0 radical (unpaired) electrons. The van der Waals surface area contributed by atoms with Crippen LogP contribution in [0, 0.1) is 11.8 Å². The number of rotatable bonds is 7. The van der Waals surface area contributed by atoms with E-state index in [1.807, 2.05) is 29.0 Å². The first-order valence-electron chi connectivity index (χ1n) is 12.2. The van der Waals surface area contributed by atoms with Gasteiger partial charge < -0.3 is 25.8 Å². The molecule has 0 unspecified atom stereocenters. The number of nitrogens with one attached hydrogen (secondary N) is 1. The van der Waals surface area contributed by atoms with Gasteiger partial charge in [0.15, 0.2) is 0 Å². The molecule has 1 aromatic carbocycles. The van der Waals surface area contributed by atoms with Crippen LogP contribution in [0.15, 0.2) is 42.9 Å². The largest absolute Gasteiger partial charge is 0.390 e. The molecule has 0 saturated heterocycles. The number of pyridine rings is 1. The SMILES string of the molecule is Nc1ncnc2c1ccn2[C@@H]1C[C@H](CCc2ccc3cc(Cl)c(NCC4CC4)nc3c2)[C@@H](O)[C@H]1O. The fourth-order valence-electron chi connectivity index (χ4n) is 5.30. The zero-order valence-corrected chi connectivity index (χ0v) is 20.1. The zero-order valence-electron chi connectivity index (χ0n) is 19.3. The van der Waals surface area contributed by atoms with Crippen molar-refractivity contribution in [3.05, 3.63) is 53.4 Å². The van der Waals surface area contributed by atoms with Crippen LogP contribution < -0.4 is 11.1 Å². The van der Waals surface area contributed by atoms with Crippen molar-refractivity contribution in [2.24, 2.45) is 11.8 Å². The van der Waals surface area contributed by atoms with E-state index < -0.39 is 12.2 Å². The smallest absolute Gasteiger partial charge is 0.145 e. The van der Waals surface area contributed by atoms with Crippen molar-refractivity contribution in [3.8, 4) is 0 Å². The lowest BCUT2D eigenvalue weighted by molar-refractivity contribution is 0.00545. The highest BCUT2D eigenvalue weighted by molar-refractivity contribution is 6.33. The Bertz CT molecular complexity index is 1390. The third-order valence-electron chi connectivity index (χ3n) is 7.56. The molecule has 9 heteroatoms. The molecule has 2 aliphatic carbocycles. The monoisotopic (exact) mass is 492 g/mol. The predicted molar refractivity (Wildman–Crippen MR) is 137 cm³/mol. The number of aliphatic hydroxyl groups is 2. The van der Waals surface area contributed by atoms with Gasteiger partial charge >= 0.3 is 0 Å². The number of hydrogen-bond acceptors (Lipinski definition) is 7. The Hall–Kier alpha value is -2.94. The number of nitrogen functional groups attached to an aromatic ring is 1. The summed E-state index contributed by atoms with van der Waals surface area (Å²) in [5, 5.41) is 27.5. The minimum atomic E-state index is -0.868. The van der Waals surface area contributed by atoms with Crippen molar-refractivity contribution in [2.45, 2.75) is 50.4 Å². The van der Waals surface area contributed by atoms with Crippen LogP contribution in [-0.4, -0.2) is 48.5 Å². The van der Waals surface area contributed by atoms with Crippen molar-refractivity contribution in [3.63, 3.8) is 0 Å². The lowest BCUT2D eigenvalue weighted by atomic mass is 9.95. The summed E-state index contributed by atoms with van der Waals surface area (Å²) in [6.45, 7) is 0.913. The molecule has 0 amide bonds. The van der Waals surface area contributed by atoms with Gasteiger partial charge in [-0.25, -0.2) is 15.0 Å². The van der Waals surface area contributed by atoms with Crippen molar-refractivity contribution in [1.29, 1.82) is 0 Å². The van der Waals surface area contributed by atoms with Crippen LogP contribution in [0.5, 0.6) is 0 Å². The summed E-state index contributed by atoms with van der Waals surface area (Å²) in [5.74, 6) is 1.86. The molecule has 3 aromatic heterocycles. The molecule has 4 atom stereocenters. The summed E-state index contributed by atoms with van der Waals surface area (Å²) in [5.41, 5.74) is 8.71. The fourth-order valence-corrected chi connectivity index (χ4v) is 5.53. The molecule has 5 N–H and O–H groups in total. The maximum absolute atomic E-state index is 10.8. The van der Waals surface area contributed by atoms with Gasteiger partial charge in [-0.3, -0.25) is 0 Å². The number of nitrogens with zero attached hydrogens (tertiary/aromatic N) is 4. The normalized spacial score (nSPS) is 24.4. The zero-order chi connectivity index (χ0) is 24.1. The third kappa shape index (κ3) is 4.30. The molecule has 182 valence electrons. The van der Waals surface area contributed by atoms with Gasteiger partial charge in [-0.05, 0) is 67.7 Å². The number of nitrogens with two attached hydrogens (primary N) is 1. The Morgan fingerprint density at radius 1 is 1.11 bits per heavy atom. The number of halogens is 1. The van der Waals surface area contributed by atoms with Crippen LogP contribution in [0.2, 0.25) is 5.02 Å². The van der Waals surface area contributed by atoms with E-state index in [0.717, 1.165) is 53.0 Å². The summed E-state index contributed by atoms with van der Waals surface area (Å²) in [4.78, 5) is 13.2. The van der Waals surface area contributed by atoms with Crippen molar-refractivity contribution >= 4 is 45.2 Å². The van der Waals surface area contributed by atoms with Gasteiger partial charge in [0.1, 0.15) is 29.7 Å². The van der Waals surface area contributed by atoms with Crippen LogP contribution in [0.25, 0.3) is 21.9 Å². The molecule has 2 aliphatic rings. The van der Waals surface area contributed by atoms with Gasteiger partial charge in [-0.1, -0.05) is 23.7 Å². The first-order valence-corrected chi connectivity index (χ1v) is 12.6. The maximum atomic E-state index is 10.8. The number of aromatic nitrogens is 4. The molecular weight excluding hydrogens is 464 g/mol. The van der Waals surface area contributed by atoms with Crippen LogP contribution in [0.1, 0.15) is 37.3 Å². The lowest BCUT2D eigenvalue weighted by Crippen LogP contribution is -2.29. The van der Waals surface area contributed by atoms with Gasteiger partial charge in [0, 0.05) is 18.1 Å². The average Bonchev–Trinajstić information content (AvgIpc) is 3.52. The number of benzene rings is 1. The Balaban J connectivity index is 1.17. The second-order valence-electron chi connectivity index (χ2n) is 9.97. The van der Waals surface area contributed by atoms with E-state index >= 15 is 0 Å². The molecular formula is C26H29ClN6O2. The standard InChI is InChI=1S/C26H29ClN6O2/c27-19-10-16-5-3-14(9-20(16)32-25(19)29-12-15-1-2-15)4-6-17-11-21(23(35)22(17)34)33-8-7-18-24(28)30-13-31-26(18)33/h3,5,7-10,13,15,17,21-23,34-35H,1-2,4,6,11-12H2,(H,29,32)(H2,28,30,31)/t17-,21+,22+,23-/m0/s1. The summed E-state index contributed by atoms with van der Waals surface area (Å²) in [7, 11) is 0. The average molecular weight is 493 g/mol. The van der Waals surface area contributed by atoms with E-state index in [0.29, 0.717) is 22.9 Å². The Morgan fingerprint density at radius 3 is 2.80 bits per heavy atom.